The molecule has 29 heavy (non-hydrogen) atoms. The maximum Gasteiger partial charge on any atom is 0.254 e. The van der Waals surface area contributed by atoms with Gasteiger partial charge in [-0.2, -0.15) is 20.0 Å². The van der Waals surface area contributed by atoms with Crippen LogP contribution in [0.15, 0.2) is 42.9 Å². The molecule has 0 bridgehead atoms. The van der Waals surface area contributed by atoms with Crippen LogP contribution in [0.25, 0.3) is 5.69 Å². The zero-order valence-electron chi connectivity index (χ0n) is 15.7. The van der Waals surface area contributed by atoms with Crippen LogP contribution < -0.4 is 16.4 Å². The zero-order chi connectivity index (χ0) is 20.2. The number of hydrogen-bond donors (Lipinski definition) is 4. The van der Waals surface area contributed by atoms with Gasteiger partial charge in [-0.15, -0.1) is 0 Å². The third-order valence-electron chi connectivity index (χ3n) is 4.86. The van der Waals surface area contributed by atoms with Crippen LogP contribution in [-0.4, -0.2) is 48.1 Å². The molecule has 0 radical (unpaired) electrons. The van der Waals surface area contributed by atoms with Crippen LogP contribution in [-0.2, 0) is 0 Å². The van der Waals surface area contributed by atoms with Gasteiger partial charge in [0.15, 0.2) is 0 Å². The van der Waals surface area contributed by atoms with Crippen molar-refractivity contribution in [3.8, 4) is 5.69 Å². The maximum absolute atomic E-state index is 11.8. The topological polar surface area (TPSA) is 144 Å². The largest absolute Gasteiger partial charge is 0.391 e. The molecule has 0 saturated heterocycles. The monoisotopic (exact) mass is 394 g/mol. The number of anilines is 3. The molecule has 0 aliphatic heterocycles. The standard InChI is InChI=1S/C19H22N8O2/c20-17(29)14-11-21-19(25-15-6-1-2-7-16(15)28)26-18(14)24-12-4-3-5-13(10-12)27-22-8-9-23-27/h3-5,8-11,15-16,28H,1-2,6-7H2,(H2,20,29)(H2,21,24,25,26)/t15-,16-/m1/s1. The summed E-state index contributed by atoms with van der Waals surface area (Å²) in [4.78, 5) is 21.9. The Kier molecular flexibility index (Phi) is 5.34. The average molecular weight is 394 g/mol. The summed E-state index contributed by atoms with van der Waals surface area (Å²) in [6.07, 6.45) is 7.75. The number of rotatable bonds is 6. The predicted molar refractivity (Wildman–Crippen MR) is 107 cm³/mol. The van der Waals surface area contributed by atoms with Crippen molar-refractivity contribution >= 4 is 23.4 Å². The van der Waals surface area contributed by atoms with Gasteiger partial charge in [0.25, 0.3) is 5.91 Å². The fourth-order valence-electron chi connectivity index (χ4n) is 3.37. The first kappa shape index (κ1) is 18.8. The number of aromatic nitrogens is 5. The summed E-state index contributed by atoms with van der Waals surface area (Å²) in [5, 5.41) is 24.7. The Bertz CT molecular complexity index is 992. The van der Waals surface area contributed by atoms with E-state index < -0.39 is 12.0 Å². The number of carbonyl (C=O) groups excluding carboxylic acids is 1. The highest BCUT2D eigenvalue weighted by Gasteiger charge is 2.24. The van der Waals surface area contributed by atoms with Gasteiger partial charge in [0.1, 0.15) is 11.4 Å². The molecule has 3 aromatic rings. The molecule has 1 amide bonds. The molecular weight excluding hydrogens is 372 g/mol. The minimum atomic E-state index is -0.637. The van der Waals surface area contributed by atoms with Crippen molar-refractivity contribution in [2.24, 2.45) is 5.73 Å². The Morgan fingerprint density at radius 2 is 2.00 bits per heavy atom. The quantitative estimate of drug-likeness (QED) is 0.494. The van der Waals surface area contributed by atoms with Crippen LogP contribution in [0.2, 0.25) is 0 Å². The summed E-state index contributed by atoms with van der Waals surface area (Å²) in [5.41, 5.74) is 7.09. The van der Waals surface area contributed by atoms with Crippen LogP contribution >= 0.6 is 0 Å². The molecule has 2 atom stereocenters. The van der Waals surface area contributed by atoms with Gasteiger partial charge in [-0.05, 0) is 31.0 Å². The summed E-state index contributed by atoms with van der Waals surface area (Å²) in [6.45, 7) is 0. The number of aliphatic hydroxyl groups is 1. The third-order valence-corrected chi connectivity index (χ3v) is 4.86. The normalized spacial score (nSPS) is 18.9. The molecule has 1 aliphatic rings. The molecule has 5 N–H and O–H groups in total. The van der Waals surface area contributed by atoms with E-state index in [4.69, 9.17) is 5.73 Å². The van der Waals surface area contributed by atoms with Gasteiger partial charge in [-0.1, -0.05) is 18.9 Å². The molecule has 2 heterocycles. The summed E-state index contributed by atoms with van der Waals surface area (Å²) in [6, 6.07) is 7.23. The van der Waals surface area contributed by atoms with Gasteiger partial charge in [-0.3, -0.25) is 4.79 Å². The molecule has 0 unspecified atom stereocenters. The highest BCUT2D eigenvalue weighted by atomic mass is 16.3. The lowest BCUT2D eigenvalue weighted by molar-refractivity contribution is 0.1000. The smallest absolute Gasteiger partial charge is 0.254 e. The van der Waals surface area contributed by atoms with E-state index >= 15 is 0 Å². The lowest BCUT2D eigenvalue weighted by atomic mass is 9.93. The summed E-state index contributed by atoms with van der Waals surface area (Å²) in [7, 11) is 0. The van der Waals surface area contributed by atoms with E-state index in [1.54, 1.807) is 12.4 Å². The van der Waals surface area contributed by atoms with Crippen molar-refractivity contribution in [2.75, 3.05) is 10.6 Å². The van der Waals surface area contributed by atoms with Crippen LogP contribution in [0.5, 0.6) is 0 Å². The highest BCUT2D eigenvalue weighted by molar-refractivity contribution is 5.98. The van der Waals surface area contributed by atoms with Gasteiger partial charge < -0.3 is 21.5 Å². The van der Waals surface area contributed by atoms with Crippen molar-refractivity contribution < 1.29 is 9.90 Å². The van der Waals surface area contributed by atoms with Crippen molar-refractivity contribution in [2.45, 2.75) is 37.8 Å². The molecular formula is C19H22N8O2. The molecule has 1 aliphatic carbocycles. The second-order valence-corrected chi connectivity index (χ2v) is 6.92. The number of hydrogen-bond acceptors (Lipinski definition) is 8. The van der Waals surface area contributed by atoms with E-state index in [9.17, 15) is 9.90 Å². The van der Waals surface area contributed by atoms with Crippen LogP contribution in [0.1, 0.15) is 36.0 Å². The van der Waals surface area contributed by atoms with E-state index in [-0.39, 0.29) is 17.4 Å². The molecule has 150 valence electrons. The Balaban J connectivity index is 1.60. The summed E-state index contributed by atoms with van der Waals surface area (Å²) < 4.78 is 0. The first-order chi connectivity index (χ1) is 14.1. The van der Waals surface area contributed by atoms with Gasteiger partial charge >= 0.3 is 0 Å². The van der Waals surface area contributed by atoms with Gasteiger partial charge in [-0.25, -0.2) is 4.98 Å². The number of nitrogens with zero attached hydrogens (tertiary/aromatic N) is 5. The van der Waals surface area contributed by atoms with Crippen molar-refractivity contribution in [1.82, 2.24) is 25.0 Å². The Hall–Kier alpha value is -3.53. The summed E-state index contributed by atoms with van der Waals surface area (Å²) in [5.74, 6) is -0.0270. The number of amides is 1. The van der Waals surface area contributed by atoms with E-state index in [0.717, 1.165) is 31.4 Å². The number of aliphatic hydroxyl groups excluding tert-OH is 1. The Labute approximate surface area is 167 Å². The third kappa shape index (κ3) is 4.32. The first-order valence-electron chi connectivity index (χ1n) is 9.45. The number of carbonyl (C=O) groups is 1. The Morgan fingerprint density at radius 1 is 1.21 bits per heavy atom. The van der Waals surface area contributed by atoms with E-state index in [1.807, 2.05) is 24.3 Å². The fourth-order valence-corrected chi connectivity index (χ4v) is 3.37. The van der Waals surface area contributed by atoms with E-state index in [1.165, 1.54) is 11.0 Å². The predicted octanol–water partition coefficient (Wildman–Crippen LogP) is 1.62. The number of benzene rings is 1. The van der Waals surface area contributed by atoms with Crippen molar-refractivity contribution in [1.29, 1.82) is 0 Å². The van der Waals surface area contributed by atoms with Gasteiger partial charge in [0.2, 0.25) is 5.95 Å². The number of nitrogens with two attached hydrogens (primary N) is 1. The van der Waals surface area contributed by atoms with Crippen molar-refractivity contribution in [3.05, 3.63) is 48.4 Å². The lowest BCUT2D eigenvalue weighted by Crippen LogP contribution is -2.37. The molecule has 10 nitrogen and oxygen atoms in total. The van der Waals surface area contributed by atoms with Gasteiger partial charge in [0, 0.05) is 11.9 Å². The molecule has 0 spiro atoms. The number of primary amides is 1. The molecule has 2 aromatic heterocycles. The lowest BCUT2D eigenvalue weighted by Gasteiger charge is -2.28. The van der Waals surface area contributed by atoms with Crippen molar-refractivity contribution in [3.63, 3.8) is 0 Å². The Morgan fingerprint density at radius 3 is 2.76 bits per heavy atom. The van der Waals surface area contributed by atoms with E-state index in [2.05, 4.69) is 30.8 Å². The van der Waals surface area contributed by atoms with Gasteiger partial charge in [0.05, 0.1) is 30.2 Å². The highest BCUT2D eigenvalue weighted by Crippen LogP contribution is 2.24. The molecule has 4 rings (SSSR count). The average Bonchev–Trinajstić information content (AvgIpc) is 3.25. The number of nitrogens with one attached hydrogen (secondary N) is 2. The minimum absolute atomic E-state index is 0.120. The second kappa shape index (κ2) is 8.23. The molecule has 1 aromatic carbocycles. The van der Waals surface area contributed by atoms with Crippen LogP contribution in [0, 0.1) is 0 Å². The van der Waals surface area contributed by atoms with Crippen LogP contribution in [0.4, 0.5) is 17.5 Å². The summed E-state index contributed by atoms with van der Waals surface area (Å²) >= 11 is 0. The van der Waals surface area contributed by atoms with E-state index in [0.29, 0.717) is 11.6 Å². The molecule has 1 saturated carbocycles. The second-order valence-electron chi connectivity index (χ2n) is 6.92. The molecule has 1 fully saturated rings. The maximum atomic E-state index is 11.8. The zero-order valence-corrected chi connectivity index (χ0v) is 15.7. The first-order valence-corrected chi connectivity index (χ1v) is 9.45. The minimum Gasteiger partial charge on any atom is -0.391 e. The van der Waals surface area contributed by atoms with Crippen LogP contribution in [0.3, 0.4) is 0 Å². The fraction of sp³-hybridized carbons (Fsp3) is 0.316. The SMILES string of the molecule is NC(=O)c1cnc(N[C@@H]2CCCC[C@H]2O)nc1Nc1cccc(-n2nccn2)c1. The molecule has 10 heteroatoms.